The van der Waals surface area contributed by atoms with E-state index >= 15 is 0 Å². The number of morpholine rings is 1. The SMILES string of the molecule is CC1COCCN1C1=C(Nc2ccccc2S(C)(=O)=O)N(c2ccccn2)CN=C1N. The Bertz CT molecular complexity index is 1120. The Balaban J connectivity index is 1.88. The molecule has 0 spiro atoms. The Morgan fingerprint density at radius 1 is 1.19 bits per heavy atom. The molecule has 3 heterocycles. The third kappa shape index (κ3) is 4.35. The lowest BCUT2D eigenvalue weighted by molar-refractivity contribution is 0.0193. The molecule has 2 aliphatic rings. The number of nitrogens with one attached hydrogen (secondary N) is 1. The van der Waals surface area contributed by atoms with Gasteiger partial charge in [-0.25, -0.2) is 18.4 Å². The van der Waals surface area contributed by atoms with Gasteiger partial charge >= 0.3 is 0 Å². The van der Waals surface area contributed by atoms with Gasteiger partial charge < -0.3 is 20.7 Å². The van der Waals surface area contributed by atoms with Gasteiger partial charge in [-0.3, -0.25) is 4.90 Å². The maximum atomic E-state index is 12.4. The average Bonchev–Trinajstić information content (AvgIpc) is 2.75. The van der Waals surface area contributed by atoms with Gasteiger partial charge in [-0.05, 0) is 31.2 Å². The molecular weight excluding hydrogens is 416 g/mol. The van der Waals surface area contributed by atoms with Crippen LogP contribution in [0.1, 0.15) is 6.92 Å². The van der Waals surface area contributed by atoms with Gasteiger partial charge in [-0.15, -0.1) is 0 Å². The van der Waals surface area contributed by atoms with Crippen LogP contribution in [0.3, 0.4) is 0 Å². The van der Waals surface area contributed by atoms with Gasteiger partial charge in [-0.1, -0.05) is 18.2 Å². The molecular formula is C21H26N6O3S. The first-order valence-corrected chi connectivity index (χ1v) is 11.9. The number of ether oxygens (including phenoxy) is 1. The lowest BCUT2D eigenvalue weighted by Crippen LogP contribution is -2.50. The van der Waals surface area contributed by atoms with Gasteiger partial charge in [0.2, 0.25) is 0 Å². The number of anilines is 2. The normalized spacial score (nSPS) is 19.9. The second kappa shape index (κ2) is 8.56. The van der Waals surface area contributed by atoms with Gasteiger partial charge in [-0.2, -0.15) is 0 Å². The van der Waals surface area contributed by atoms with E-state index in [2.05, 4.69) is 27.1 Å². The van der Waals surface area contributed by atoms with Gasteiger partial charge in [0.05, 0.1) is 23.8 Å². The number of aliphatic imine (C=N–C) groups is 1. The molecule has 1 aromatic carbocycles. The first-order valence-electron chi connectivity index (χ1n) is 10.00. The minimum atomic E-state index is -3.45. The summed E-state index contributed by atoms with van der Waals surface area (Å²) in [6.07, 6.45) is 2.90. The summed E-state index contributed by atoms with van der Waals surface area (Å²) >= 11 is 0. The smallest absolute Gasteiger partial charge is 0.177 e. The molecule has 4 rings (SSSR count). The van der Waals surface area contributed by atoms with Gasteiger partial charge in [0.15, 0.2) is 9.84 Å². The van der Waals surface area contributed by atoms with Crippen molar-refractivity contribution in [2.75, 3.05) is 42.9 Å². The summed E-state index contributed by atoms with van der Waals surface area (Å²) in [6.45, 7) is 4.09. The zero-order valence-electron chi connectivity index (χ0n) is 17.5. The van der Waals surface area contributed by atoms with Crippen LogP contribution in [-0.4, -0.2) is 62.9 Å². The van der Waals surface area contributed by atoms with E-state index in [0.717, 1.165) is 0 Å². The van der Waals surface area contributed by atoms with Crippen LogP contribution in [-0.2, 0) is 14.6 Å². The van der Waals surface area contributed by atoms with Crippen LogP contribution < -0.4 is 16.0 Å². The number of amidine groups is 1. The Labute approximate surface area is 182 Å². The molecule has 0 radical (unpaired) electrons. The number of benzene rings is 1. The minimum Gasteiger partial charge on any atom is -0.382 e. The number of nitrogens with zero attached hydrogens (tertiary/aromatic N) is 4. The molecule has 164 valence electrons. The monoisotopic (exact) mass is 442 g/mol. The van der Waals surface area contributed by atoms with E-state index in [-0.39, 0.29) is 17.6 Å². The summed E-state index contributed by atoms with van der Waals surface area (Å²) < 4.78 is 30.4. The van der Waals surface area contributed by atoms with Crippen LogP contribution in [0.4, 0.5) is 11.5 Å². The van der Waals surface area contributed by atoms with E-state index in [4.69, 9.17) is 10.5 Å². The van der Waals surface area contributed by atoms with Crippen LogP contribution in [0.25, 0.3) is 0 Å². The summed E-state index contributed by atoms with van der Waals surface area (Å²) in [7, 11) is -3.45. The summed E-state index contributed by atoms with van der Waals surface area (Å²) in [5.41, 5.74) is 7.56. The number of aromatic nitrogens is 1. The van der Waals surface area contributed by atoms with Crippen molar-refractivity contribution < 1.29 is 13.2 Å². The van der Waals surface area contributed by atoms with Crippen molar-refractivity contribution in [1.29, 1.82) is 0 Å². The highest BCUT2D eigenvalue weighted by Crippen LogP contribution is 2.30. The lowest BCUT2D eigenvalue weighted by Gasteiger charge is -2.41. The van der Waals surface area contributed by atoms with Crippen LogP contribution in [0.2, 0.25) is 0 Å². The predicted octanol–water partition coefficient (Wildman–Crippen LogP) is 1.62. The zero-order valence-corrected chi connectivity index (χ0v) is 18.3. The van der Waals surface area contributed by atoms with Crippen LogP contribution >= 0.6 is 0 Å². The topological polar surface area (TPSA) is 113 Å². The molecule has 31 heavy (non-hydrogen) atoms. The van der Waals surface area contributed by atoms with E-state index in [1.54, 1.807) is 30.5 Å². The van der Waals surface area contributed by atoms with Crippen molar-refractivity contribution in [3.8, 4) is 0 Å². The van der Waals surface area contributed by atoms with Gasteiger partial charge in [0.25, 0.3) is 0 Å². The fourth-order valence-electron chi connectivity index (χ4n) is 3.73. The number of para-hydroxylation sites is 1. The molecule has 0 saturated carbocycles. The molecule has 0 bridgehead atoms. The number of hydrogen-bond donors (Lipinski definition) is 2. The maximum absolute atomic E-state index is 12.4. The summed E-state index contributed by atoms with van der Waals surface area (Å²) in [5.74, 6) is 1.70. The molecule has 1 aromatic heterocycles. The number of nitrogens with two attached hydrogens (primary N) is 1. The minimum absolute atomic E-state index is 0.0723. The third-order valence-corrected chi connectivity index (χ3v) is 6.39. The van der Waals surface area contributed by atoms with E-state index in [1.165, 1.54) is 6.26 Å². The maximum Gasteiger partial charge on any atom is 0.177 e. The second-order valence-electron chi connectivity index (χ2n) is 7.51. The molecule has 0 amide bonds. The molecule has 1 fully saturated rings. The number of sulfone groups is 1. The van der Waals surface area contributed by atoms with E-state index in [1.807, 2.05) is 23.1 Å². The fraction of sp³-hybridized carbons (Fsp3) is 0.333. The second-order valence-corrected chi connectivity index (χ2v) is 9.49. The highest BCUT2D eigenvalue weighted by atomic mass is 32.2. The van der Waals surface area contributed by atoms with Crippen molar-refractivity contribution in [1.82, 2.24) is 9.88 Å². The van der Waals surface area contributed by atoms with Crippen molar-refractivity contribution in [2.45, 2.75) is 17.9 Å². The Morgan fingerprint density at radius 2 is 1.97 bits per heavy atom. The molecule has 2 aliphatic heterocycles. The summed E-state index contributed by atoms with van der Waals surface area (Å²) in [5, 5.41) is 3.35. The average molecular weight is 443 g/mol. The van der Waals surface area contributed by atoms with Crippen LogP contribution in [0.5, 0.6) is 0 Å². The number of pyridine rings is 1. The lowest BCUT2D eigenvalue weighted by atomic mass is 10.2. The zero-order chi connectivity index (χ0) is 22.0. The van der Waals surface area contributed by atoms with Crippen molar-refractivity contribution >= 4 is 27.2 Å². The highest BCUT2D eigenvalue weighted by molar-refractivity contribution is 7.90. The van der Waals surface area contributed by atoms with Crippen LogP contribution in [0, 0.1) is 0 Å². The highest BCUT2D eigenvalue weighted by Gasteiger charge is 2.32. The molecule has 0 aliphatic carbocycles. The first kappa shape index (κ1) is 21.1. The standard InChI is InChI=1S/C21H26N6O3S/c1-15-13-30-12-11-26(15)19-20(22)24-14-27(18-9-5-6-10-23-18)21(19)25-16-7-3-4-8-17(16)31(2,28)29/h3-10,15,25H,11-14H2,1-2H3,(H2,22,24). The molecule has 1 atom stereocenters. The Morgan fingerprint density at radius 3 is 2.68 bits per heavy atom. The first-order chi connectivity index (χ1) is 14.9. The molecule has 1 unspecified atom stereocenters. The third-order valence-electron chi connectivity index (χ3n) is 5.24. The van der Waals surface area contributed by atoms with Crippen molar-refractivity contribution in [3.05, 3.63) is 60.2 Å². The summed E-state index contributed by atoms with van der Waals surface area (Å²) in [4.78, 5) is 13.2. The van der Waals surface area contributed by atoms with Gasteiger partial charge in [0.1, 0.15) is 29.8 Å². The van der Waals surface area contributed by atoms with E-state index < -0.39 is 9.84 Å². The molecule has 2 aromatic rings. The van der Waals surface area contributed by atoms with Gasteiger partial charge in [0, 0.05) is 25.0 Å². The molecule has 3 N–H and O–H groups in total. The summed E-state index contributed by atoms with van der Waals surface area (Å²) in [6, 6.07) is 12.5. The Kier molecular flexibility index (Phi) is 5.84. The Hall–Kier alpha value is -3.11. The van der Waals surface area contributed by atoms with Crippen LogP contribution in [0.15, 0.2) is 70.1 Å². The molecule has 10 heteroatoms. The van der Waals surface area contributed by atoms with E-state index in [0.29, 0.717) is 48.6 Å². The molecule has 9 nitrogen and oxygen atoms in total. The predicted molar refractivity (Wildman–Crippen MR) is 120 cm³/mol. The fourth-order valence-corrected chi connectivity index (χ4v) is 4.58. The van der Waals surface area contributed by atoms with Crippen molar-refractivity contribution in [2.24, 2.45) is 10.7 Å². The van der Waals surface area contributed by atoms with E-state index in [9.17, 15) is 8.42 Å². The quantitative estimate of drug-likeness (QED) is 0.718. The largest absolute Gasteiger partial charge is 0.382 e. The number of rotatable bonds is 5. The molecule has 1 saturated heterocycles. The number of hydrogen-bond acceptors (Lipinski definition) is 9. The van der Waals surface area contributed by atoms with Crippen molar-refractivity contribution in [3.63, 3.8) is 0 Å².